The first kappa shape index (κ1) is 22.0. The molecule has 0 fully saturated rings. The second kappa shape index (κ2) is 9.34. The number of rotatable bonds is 4. The summed E-state index contributed by atoms with van der Waals surface area (Å²) < 4.78 is 0. The van der Waals surface area contributed by atoms with Crippen molar-refractivity contribution in [2.75, 3.05) is 0 Å². The maximum absolute atomic E-state index is 5.08. The van der Waals surface area contributed by atoms with E-state index in [-0.39, 0.29) is 0 Å². The Hall–Kier alpha value is -5.22. The van der Waals surface area contributed by atoms with Crippen LogP contribution in [-0.4, -0.2) is 19.9 Å². The van der Waals surface area contributed by atoms with Crippen molar-refractivity contribution >= 4 is 21.8 Å². The van der Waals surface area contributed by atoms with E-state index in [1.54, 1.807) is 12.4 Å². The Morgan fingerprint density at radius 3 is 1.34 bits per heavy atom. The fraction of sp³-hybridized carbons (Fsp3) is 0. The lowest BCUT2D eigenvalue weighted by Gasteiger charge is -2.09. The fourth-order valence-electron chi connectivity index (χ4n) is 4.79. The first-order chi connectivity index (χ1) is 18.8. The zero-order chi connectivity index (χ0) is 25.3. The standard InChI is InChI=1S/C34H22N4/c1-2-5-25(6-3-1)30-19-17-27-13-14-28-18-20-31(38-33(28)32(27)37-30)26-11-7-23(8-12-26)24-9-15-29(16-10-24)34-35-21-4-22-36-34/h1-22H. The lowest BCUT2D eigenvalue weighted by Crippen LogP contribution is -1.91. The predicted octanol–water partition coefficient (Wildman–Crippen LogP) is 8.24. The van der Waals surface area contributed by atoms with E-state index in [1.165, 1.54) is 0 Å². The van der Waals surface area contributed by atoms with Gasteiger partial charge in [0.1, 0.15) is 0 Å². The smallest absolute Gasteiger partial charge is 0.159 e. The average Bonchev–Trinajstić information content (AvgIpc) is 3.01. The Balaban J connectivity index is 1.23. The van der Waals surface area contributed by atoms with Crippen LogP contribution in [0.1, 0.15) is 0 Å². The van der Waals surface area contributed by atoms with Gasteiger partial charge in [0.25, 0.3) is 0 Å². The van der Waals surface area contributed by atoms with Crippen LogP contribution in [0.15, 0.2) is 134 Å². The van der Waals surface area contributed by atoms with Crippen LogP contribution in [0.25, 0.3) is 66.8 Å². The molecule has 3 aromatic heterocycles. The van der Waals surface area contributed by atoms with Crippen LogP contribution in [0.5, 0.6) is 0 Å². The Morgan fingerprint density at radius 1 is 0.342 bits per heavy atom. The molecule has 0 aliphatic rings. The third kappa shape index (κ3) is 4.08. The molecule has 0 bridgehead atoms. The second-order valence-electron chi connectivity index (χ2n) is 9.20. The summed E-state index contributed by atoms with van der Waals surface area (Å²) in [5.74, 6) is 0.731. The van der Waals surface area contributed by atoms with Gasteiger partial charge in [0.2, 0.25) is 0 Å². The van der Waals surface area contributed by atoms with Crippen LogP contribution in [0, 0.1) is 0 Å². The third-order valence-electron chi connectivity index (χ3n) is 6.81. The Labute approximate surface area is 220 Å². The lowest BCUT2D eigenvalue weighted by molar-refractivity contribution is 1.18. The molecule has 4 aromatic carbocycles. The molecule has 4 nitrogen and oxygen atoms in total. The van der Waals surface area contributed by atoms with Gasteiger partial charge in [0.05, 0.1) is 22.4 Å². The summed E-state index contributed by atoms with van der Waals surface area (Å²) in [5, 5.41) is 2.17. The van der Waals surface area contributed by atoms with Crippen LogP contribution in [0.3, 0.4) is 0 Å². The molecule has 0 saturated heterocycles. The zero-order valence-corrected chi connectivity index (χ0v) is 20.5. The van der Waals surface area contributed by atoms with E-state index in [1.807, 2.05) is 24.3 Å². The van der Waals surface area contributed by atoms with Crippen LogP contribution in [-0.2, 0) is 0 Å². The number of nitrogens with zero attached hydrogens (tertiary/aromatic N) is 4. The van der Waals surface area contributed by atoms with Crippen molar-refractivity contribution in [1.29, 1.82) is 0 Å². The van der Waals surface area contributed by atoms with Gasteiger partial charge in [-0.1, -0.05) is 103 Å². The summed E-state index contributed by atoms with van der Waals surface area (Å²) in [7, 11) is 0. The molecule has 4 heteroatoms. The highest BCUT2D eigenvalue weighted by Crippen LogP contribution is 2.30. The summed E-state index contributed by atoms with van der Waals surface area (Å²) in [6, 6.07) is 41.6. The minimum atomic E-state index is 0.731. The normalized spacial score (nSPS) is 11.2. The van der Waals surface area contributed by atoms with Gasteiger partial charge in [-0.25, -0.2) is 19.9 Å². The molecular formula is C34H22N4. The van der Waals surface area contributed by atoms with Gasteiger partial charge in [-0.2, -0.15) is 0 Å². The third-order valence-corrected chi connectivity index (χ3v) is 6.81. The Kier molecular flexibility index (Phi) is 5.41. The van der Waals surface area contributed by atoms with Crippen LogP contribution in [0.2, 0.25) is 0 Å². The Bertz CT molecular complexity index is 1880. The summed E-state index contributed by atoms with van der Waals surface area (Å²) >= 11 is 0. The van der Waals surface area contributed by atoms with Gasteiger partial charge in [-0.15, -0.1) is 0 Å². The number of hydrogen-bond acceptors (Lipinski definition) is 4. The number of hydrogen-bond donors (Lipinski definition) is 0. The van der Waals surface area contributed by atoms with Crippen molar-refractivity contribution < 1.29 is 0 Å². The molecular weight excluding hydrogens is 464 g/mol. The quantitative estimate of drug-likeness (QED) is 0.235. The second-order valence-corrected chi connectivity index (χ2v) is 9.20. The first-order valence-corrected chi connectivity index (χ1v) is 12.6. The number of fused-ring (bicyclic) bond motifs is 3. The molecule has 0 radical (unpaired) electrons. The molecule has 7 rings (SSSR count). The zero-order valence-electron chi connectivity index (χ0n) is 20.5. The highest BCUT2D eigenvalue weighted by atomic mass is 14.8. The number of aromatic nitrogens is 4. The van der Waals surface area contributed by atoms with Gasteiger partial charge in [-0.3, -0.25) is 0 Å². The van der Waals surface area contributed by atoms with Crippen LogP contribution < -0.4 is 0 Å². The van der Waals surface area contributed by atoms with E-state index < -0.39 is 0 Å². The molecule has 0 unspecified atom stereocenters. The summed E-state index contributed by atoms with van der Waals surface area (Å²) in [5.41, 5.74) is 9.18. The van der Waals surface area contributed by atoms with Gasteiger partial charge in [-0.05, 0) is 29.3 Å². The van der Waals surface area contributed by atoms with E-state index in [0.29, 0.717) is 0 Å². The van der Waals surface area contributed by atoms with Gasteiger partial charge >= 0.3 is 0 Å². The van der Waals surface area contributed by atoms with Crippen molar-refractivity contribution in [3.63, 3.8) is 0 Å². The molecule has 3 heterocycles. The molecule has 178 valence electrons. The van der Waals surface area contributed by atoms with E-state index in [9.17, 15) is 0 Å². The minimum Gasteiger partial charge on any atom is -0.245 e. The van der Waals surface area contributed by atoms with Crippen molar-refractivity contribution in [3.05, 3.63) is 134 Å². The molecule has 0 N–H and O–H groups in total. The summed E-state index contributed by atoms with van der Waals surface area (Å²) in [6.07, 6.45) is 3.52. The van der Waals surface area contributed by atoms with E-state index in [0.717, 1.165) is 66.8 Å². The maximum atomic E-state index is 5.08. The van der Waals surface area contributed by atoms with Crippen LogP contribution in [0.4, 0.5) is 0 Å². The summed E-state index contributed by atoms with van der Waals surface area (Å²) in [6.45, 7) is 0. The van der Waals surface area contributed by atoms with Gasteiger partial charge in [0, 0.05) is 39.9 Å². The summed E-state index contributed by atoms with van der Waals surface area (Å²) in [4.78, 5) is 18.8. The van der Waals surface area contributed by atoms with Crippen molar-refractivity contribution in [3.8, 4) is 45.0 Å². The first-order valence-electron chi connectivity index (χ1n) is 12.6. The minimum absolute atomic E-state index is 0.731. The number of benzene rings is 4. The Morgan fingerprint density at radius 2 is 0.789 bits per heavy atom. The van der Waals surface area contributed by atoms with Crippen molar-refractivity contribution in [2.24, 2.45) is 0 Å². The largest absolute Gasteiger partial charge is 0.245 e. The van der Waals surface area contributed by atoms with Gasteiger partial charge < -0.3 is 0 Å². The molecule has 38 heavy (non-hydrogen) atoms. The van der Waals surface area contributed by atoms with E-state index in [2.05, 4.69) is 107 Å². The predicted molar refractivity (Wildman–Crippen MR) is 154 cm³/mol. The number of pyridine rings is 2. The van der Waals surface area contributed by atoms with E-state index in [4.69, 9.17) is 9.97 Å². The van der Waals surface area contributed by atoms with Gasteiger partial charge in [0.15, 0.2) is 5.82 Å². The SMILES string of the molecule is c1ccc(-c2ccc3ccc4ccc(-c5ccc(-c6ccc(-c7ncccn7)cc6)cc5)nc4c3n2)cc1. The highest BCUT2D eigenvalue weighted by Gasteiger charge is 2.09. The molecule has 0 atom stereocenters. The van der Waals surface area contributed by atoms with Crippen molar-refractivity contribution in [1.82, 2.24) is 19.9 Å². The van der Waals surface area contributed by atoms with Crippen molar-refractivity contribution in [2.45, 2.75) is 0 Å². The molecule has 0 aliphatic heterocycles. The lowest BCUT2D eigenvalue weighted by atomic mass is 10.0. The van der Waals surface area contributed by atoms with Crippen LogP contribution >= 0.6 is 0 Å². The highest BCUT2D eigenvalue weighted by molar-refractivity contribution is 6.04. The monoisotopic (exact) mass is 486 g/mol. The molecule has 7 aromatic rings. The molecule has 0 aliphatic carbocycles. The average molecular weight is 487 g/mol. The van der Waals surface area contributed by atoms with E-state index >= 15 is 0 Å². The molecule has 0 amide bonds. The topological polar surface area (TPSA) is 51.6 Å². The fourth-order valence-corrected chi connectivity index (χ4v) is 4.79. The molecule has 0 saturated carbocycles. The molecule has 0 spiro atoms. The maximum Gasteiger partial charge on any atom is 0.159 e.